The third-order valence-electron chi connectivity index (χ3n) is 2.52. The van der Waals surface area contributed by atoms with E-state index >= 15 is 0 Å². The van der Waals surface area contributed by atoms with Crippen LogP contribution in [0.2, 0.25) is 0 Å². The minimum atomic E-state index is -0.374. The number of ketones is 1. The molecule has 1 atom stereocenters. The van der Waals surface area contributed by atoms with E-state index in [1.165, 1.54) is 11.3 Å². The maximum absolute atomic E-state index is 12.0. The van der Waals surface area contributed by atoms with Gasteiger partial charge in [-0.1, -0.05) is 13.8 Å². The first kappa shape index (κ1) is 13.3. The molecule has 1 heterocycles. The summed E-state index contributed by atoms with van der Waals surface area (Å²) in [5.74, 6) is 0.631. The number of carbonyl (C=O) groups excluding carboxylic acids is 1. The van der Waals surface area contributed by atoms with Crippen molar-refractivity contribution in [1.29, 1.82) is 0 Å². The maximum atomic E-state index is 12.0. The molecule has 1 aromatic rings. The Hall–Kier alpha value is -0.740. The zero-order valence-corrected chi connectivity index (χ0v) is 11.2. The minimum absolute atomic E-state index is 0.0451. The zero-order chi connectivity index (χ0) is 12.3. The lowest BCUT2D eigenvalue weighted by Gasteiger charge is -2.11. The Kier molecular flexibility index (Phi) is 4.62. The van der Waals surface area contributed by atoms with Gasteiger partial charge >= 0.3 is 0 Å². The summed E-state index contributed by atoms with van der Waals surface area (Å²) in [4.78, 5) is 17.0. The largest absolute Gasteiger partial charge is 0.321 e. The SMILES string of the molecule is Cc1nc(C)c(C(=O)C(N)CCC(C)C)s1. The van der Waals surface area contributed by atoms with Gasteiger partial charge in [0.05, 0.1) is 21.6 Å². The molecule has 1 rings (SSSR count). The van der Waals surface area contributed by atoms with Crippen LogP contribution in [0.1, 0.15) is 47.1 Å². The van der Waals surface area contributed by atoms with Crippen molar-refractivity contribution in [3.63, 3.8) is 0 Å². The van der Waals surface area contributed by atoms with Gasteiger partial charge in [0.25, 0.3) is 0 Å². The van der Waals surface area contributed by atoms with Gasteiger partial charge in [-0.3, -0.25) is 4.79 Å². The first-order valence-electron chi connectivity index (χ1n) is 5.65. The van der Waals surface area contributed by atoms with E-state index in [2.05, 4.69) is 18.8 Å². The molecule has 0 fully saturated rings. The summed E-state index contributed by atoms with van der Waals surface area (Å²) in [5, 5.41) is 0.928. The number of Topliss-reactive ketones (excluding diaryl/α,β-unsaturated/α-hetero) is 1. The van der Waals surface area contributed by atoms with E-state index in [4.69, 9.17) is 5.73 Å². The van der Waals surface area contributed by atoms with Crippen molar-refractivity contribution in [3.05, 3.63) is 15.6 Å². The van der Waals surface area contributed by atoms with Gasteiger partial charge in [-0.2, -0.15) is 0 Å². The molecule has 16 heavy (non-hydrogen) atoms. The van der Waals surface area contributed by atoms with Gasteiger partial charge in [0.15, 0.2) is 5.78 Å². The van der Waals surface area contributed by atoms with E-state index in [-0.39, 0.29) is 11.8 Å². The number of thiazole rings is 1. The fraction of sp³-hybridized carbons (Fsp3) is 0.667. The standard InChI is InChI=1S/C12H20N2OS/c1-7(2)5-6-10(13)11(15)12-8(3)14-9(4)16-12/h7,10H,5-6,13H2,1-4H3. The van der Waals surface area contributed by atoms with Gasteiger partial charge in [0.2, 0.25) is 0 Å². The second-order valence-corrected chi connectivity index (χ2v) is 5.79. The molecule has 0 aliphatic rings. The lowest BCUT2D eigenvalue weighted by atomic mass is 10.0. The molecule has 4 heteroatoms. The third-order valence-corrected chi connectivity index (χ3v) is 3.61. The van der Waals surface area contributed by atoms with Crippen molar-refractivity contribution in [2.75, 3.05) is 0 Å². The highest BCUT2D eigenvalue weighted by atomic mass is 32.1. The van der Waals surface area contributed by atoms with E-state index in [0.29, 0.717) is 5.92 Å². The topological polar surface area (TPSA) is 56.0 Å². The van der Waals surface area contributed by atoms with Crippen LogP contribution in [0.5, 0.6) is 0 Å². The number of carbonyl (C=O) groups is 1. The van der Waals surface area contributed by atoms with Crippen LogP contribution in [-0.4, -0.2) is 16.8 Å². The smallest absolute Gasteiger partial charge is 0.191 e. The van der Waals surface area contributed by atoms with E-state index in [9.17, 15) is 4.79 Å². The number of hydrogen-bond donors (Lipinski definition) is 1. The number of nitrogens with zero attached hydrogens (tertiary/aromatic N) is 1. The molecule has 0 aliphatic carbocycles. The molecule has 3 nitrogen and oxygen atoms in total. The van der Waals surface area contributed by atoms with Crippen LogP contribution in [0.15, 0.2) is 0 Å². The number of rotatable bonds is 5. The second kappa shape index (κ2) is 5.55. The molecular formula is C12H20N2OS. The van der Waals surface area contributed by atoms with Crippen molar-refractivity contribution < 1.29 is 4.79 Å². The number of aromatic nitrogens is 1. The summed E-state index contributed by atoms with van der Waals surface area (Å²) in [6.45, 7) is 8.05. The lowest BCUT2D eigenvalue weighted by molar-refractivity contribution is 0.0958. The Labute approximate surface area is 101 Å². The molecule has 0 bridgehead atoms. The van der Waals surface area contributed by atoms with Crippen LogP contribution in [0.3, 0.4) is 0 Å². The number of aryl methyl sites for hydroxylation is 2. The zero-order valence-electron chi connectivity index (χ0n) is 10.4. The van der Waals surface area contributed by atoms with Crippen LogP contribution < -0.4 is 5.73 Å². The number of nitrogens with two attached hydrogens (primary N) is 1. The molecular weight excluding hydrogens is 220 g/mol. The van der Waals surface area contributed by atoms with E-state index in [1.54, 1.807) is 0 Å². The summed E-state index contributed by atoms with van der Waals surface area (Å²) >= 11 is 1.44. The van der Waals surface area contributed by atoms with E-state index in [0.717, 1.165) is 28.4 Å². The molecule has 0 radical (unpaired) electrons. The molecule has 0 amide bonds. The molecule has 0 saturated carbocycles. The predicted octanol–water partition coefficient (Wildman–Crippen LogP) is 2.71. The van der Waals surface area contributed by atoms with Gasteiger partial charge in [0.1, 0.15) is 0 Å². The van der Waals surface area contributed by atoms with Crippen LogP contribution in [0, 0.1) is 19.8 Å². The lowest BCUT2D eigenvalue weighted by Crippen LogP contribution is -2.30. The van der Waals surface area contributed by atoms with Crippen LogP contribution >= 0.6 is 11.3 Å². The summed E-state index contributed by atoms with van der Waals surface area (Å²) in [6.07, 6.45) is 1.75. The van der Waals surface area contributed by atoms with Crippen LogP contribution in [0.4, 0.5) is 0 Å². The molecule has 0 spiro atoms. The molecule has 1 aromatic heterocycles. The summed E-state index contributed by atoms with van der Waals surface area (Å²) in [6, 6.07) is -0.374. The van der Waals surface area contributed by atoms with Gasteiger partial charge < -0.3 is 5.73 Å². The molecule has 0 aliphatic heterocycles. The van der Waals surface area contributed by atoms with Crippen molar-refractivity contribution >= 4 is 17.1 Å². The van der Waals surface area contributed by atoms with Crippen LogP contribution in [0.25, 0.3) is 0 Å². The Balaban J connectivity index is 2.67. The molecule has 1 unspecified atom stereocenters. The normalized spacial score (nSPS) is 13.1. The molecule has 90 valence electrons. The van der Waals surface area contributed by atoms with E-state index < -0.39 is 0 Å². The van der Waals surface area contributed by atoms with Gasteiger partial charge in [-0.15, -0.1) is 11.3 Å². The fourth-order valence-electron chi connectivity index (χ4n) is 1.57. The summed E-state index contributed by atoms with van der Waals surface area (Å²) in [5.41, 5.74) is 6.72. The first-order chi connectivity index (χ1) is 7.41. The van der Waals surface area contributed by atoms with Gasteiger partial charge in [-0.25, -0.2) is 4.98 Å². The molecule has 0 saturated heterocycles. The highest BCUT2D eigenvalue weighted by Crippen LogP contribution is 2.20. The Morgan fingerprint density at radius 2 is 2.00 bits per heavy atom. The Morgan fingerprint density at radius 1 is 1.38 bits per heavy atom. The fourth-order valence-corrected chi connectivity index (χ4v) is 2.50. The predicted molar refractivity (Wildman–Crippen MR) is 68.0 cm³/mol. The quantitative estimate of drug-likeness (QED) is 0.805. The Bertz CT molecular complexity index is 371. The van der Waals surface area contributed by atoms with Gasteiger partial charge in [0, 0.05) is 0 Å². The Morgan fingerprint density at radius 3 is 2.44 bits per heavy atom. The first-order valence-corrected chi connectivity index (χ1v) is 6.47. The van der Waals surface area contributed by atoms with Crippen LogP contribution in [-0.2, 0) is 0 Å². The minimum Gasteiger partial charge on any atom is -0.321 e. The number of hydrogen-bond acceptors (Lipinski definition) is 4. The summed E-state index contributed by atoms with van der Waals surface area (Å²) in [7, 11) is 0. The van der Waals surface area contributed by atoms with Gasteiger partial charge in [-0.05, 0) is 32.6 Å². The maximum Gasteiger partial charge on any atom is 0.191 e. The average molecular weight is 240 g/mol. The molecule has 0 aromatic carbocycles. The highest BCUT2D eigenvalue weighted by molar-refractivity contribution is 7.13. The summed E-state index contributed by atoms with van der Waals surface area (Å²) < 4.78 is 0. The van der Waals surface area contributed by atoms with Crippen molar-refractivity contribution in [3.8, 4) is 0 Å². The van der Waals surface area contributed by atoms with E-state index in [1.807, 2.05) is 13.8 Å². The second-order valence-electron chi connectivity index (χ2n) is 4.59. The third kappa shape index (κ3) is 3.39. The highest BCUT2D eigenvalue weighted by Gasteiger charge is 2.20. The molecule has 2 N–H and O–H groups in total. The van der Waals surface area contributed by atoms with Crippen molar-refractivity contribution in [1.82, 2.24) is 4.98 Å². The van der Waals surface area contributed by atoms with Crippen molar-refractivity contribution in [2.24, 2.45) is 11.7 Å². The van der Waals surface area contributed by atoms with Crippen molar-refractivity contribution in [2.45, 2.75) is 46.6 Å². The average Bonchev–Trinajstić information content (AvgIpc) is 2.53. The monoisotopic (exact) mass is 240 g/mol.